The molecule has 0 saturated carbocycles. The van der Waals surface area contributed by atoms with Gasteiger partial charge in [0.05, 0.1) is 20.8 Å². The molecule has 0 heterocycles. The predicted molar refractivity (Wildman–Crippen MR) is 106 cm³/mol. The summed E-state index contributed by atoms with van der Waals surface area (Å²) >= 11 is 0. The molecule has 0 fully saturated rings. The van der Waals surface area contributed by atoms with Crippen molar-refractivity contribution in [3.8, 4) is 11.5 Å². The second-order valence-electron chi connectivity index (χ2n) is 6.22. The highest BCUT2D eigenvalue weighted by Crippen LogP contribution is 2.32. The van der Waals surface area contributed by atoms with E-state index in [-0.39, 0.29) is 12.5 Å². The normalized spacial score (nSPS) is 10.3. The summed E-state index contributed by atoms with van der Waals surface area (Å²) in [5.41, 5.74) is 3.92. The van der Waals surface area contributed by atoms with Crippen molar-refractivity contribution in [2.45, 2.75) is 33.1 Å². The van der Waals surface area contributed by atoms with Gasteiger partial charge in [0.25, 0.3) is 0 Å². The van der Waals surface area contributed by atoms with Crippen LogP contribution in [0.15, 0.2) is 36.4 Å². The Hall–Kier alpha value is -2.69. The topological polar surface area (TPSA) is 59.6 Å². The van der Waals surface area contributed by atoms with Crippen molar-refractivity contribution in [3.63, 3.8) is 0 Å². The zero-order valence-electron chi connectivity index (χ0n) is 16.0. The number of rotatable bonds is 9. The highest BCUT2D eigenvalue weighted by Gasteiger charge is 2.10. The molecule has 0 aromatic heterocycles. The molecule has 2 N–H and O–H groups in total. The van der Waals surface area contributed by atoms with Gasteiger partial charge in [-0.1, -0.05) is 25.5 Å². The van der Waals surface area contributed by atoms with E-state index >= 15 is 0 Å². The van der Waals surface area contributed by atoms with Crippen LogP contribution in [0.2, 0.25) is 0 Å². The number of hydrogen-bond donors (Lipinski definition) is 2. The average molecular weight is 356 g/mol. The molecule has 0 saturated heterocycles. The van der Waals surface area contributed by atoms with E-state index in [9.17, 15) is 4.79 Å². The Bertz CT molecular complexity index is 727. The van der Waals surface area contributed by atoms with Crippen LogP contribution in [0.3, 0.4) is 0 Å². The van der Waals surface area contributed by atoms with Crippen molar-refractivity contribution < 1.29 is 14.3 Å². The van der Waals surface area contributed by atoms with Crippen molar-refractivity contribution >= 4 is 17.3 Å². The summed E-state index contributed by atoms with van der Waals surface area (Å²) in [4.78, 5) is 12.2. The molecule has 1 amide bonds. The fraction of sp³-hybridized carbons (Fsp3) is 0.381. The lowest BCUT2D eigenvalue weighted by Crippen LogP contribution is -2.22. The zero-order chi connectivity index (χ0) is 18.9. The number of benzene rings is 2. The summed E-state index contributed by atoms with van der Waals surface area (Å²) in [5.74, 6) is 1.20. The van der Waals surface area contributed by atoms with Gasteiger partial charge in [0.2, 0.25) is 5.91 Å². The molecule has 140 valence electrons. The average Bonchev–Trinajstić information content (AvgIpc) is 2.66. The highest BCUT2D eigenvalue weighted by atomic mass is 16.5. The molecule has 2 rings (SSSR count). The fourth-order valence-electron chi connectivity index (χ4n) is 2.69. The molecule has 2 aromatic carbocycles. The van der Waals surface area contributed by atoms with Crippen LogP contribution in [0.5, 0.6) is 11.5 Å². The summed E-state index contributed by atoms with van der Waals surface area (Å²) in [6.07, 6.45) is 3.44. The van der Waals surface area contributed by atoms with Crippen molar-refractivity contribution in [2.75, 3.05) is 31.4 Å². The summed E-state index contributed by atoms with van der Waals surface area (Å²) < 4.78 is 10.6. The first-order valence-electron chi connectivity index (χ1n) is 8.92. The van der Waals surface area contributed by atoms with E-state index in [1.54, 1.807) is 14.2 Å². The number of nitrogens with one attached hydrogen (secondary N) is 2. The van der Waals surface area contributed by atoms with Gasteiger partial charge in [-0.3, -0.25) is 4.79 Å². The minimum absolute atomic E-state index is 0.0968. The van der Waals surface area contributed by atoms with E-state index in [2.05, 4.69) is 29.7 Å². The number of carbonyl (C=O) groups is 1. The maximum absolute atomic E-state index is 12.2. The molecule has 0 aliphatic carbocycles. The molecular weight excluding hydrogens is 328 g/mol. The Morgan fingerprint density at radius 2 is 1.69 bits per heavy atom. The summed E-state index contributed by atoms with van der Waals surface area (Å²) in [7, 11) is 3.19. The van der Waals surface area contributed by atoms with Crippen LogP contribution in [0.25, 0.3) is 0 Å². The van der Waals surface area contributed by atoms with Crippen LogP contribution in [-0.4, -0.2) is 26.7 Å². The molecule has 0 aliphatic heterocycles. The molecule has 26 heavy (non-hydrogen) atoms. The number of hydrogen-bond acceptors (Lipinski definition) is 4. The molecule has 2 aromatic rings. The lowest BCUT2D eigenvalue weighted by atomic mass is 10.1. The van der Waals surface area contributed by atoms with Gasteiger partial charge in [-0.05, 0) is 49.1 Å². The maximum atomic E-state index is 12.2. The number of unbranched alkanes of at least 4 members (excludes halogenated alkanes) is 1. The molecule has 0 spiro atoms. The van der Waals surface area contributed by atoms with Gasteiger partial charge >= 0.3 is 0 Å². The van der Waals surface area contributed by atoms with Crippen LogP contribution < -0.4 is 20.1 Å². The molecule has 0 aliphatic rings. The number of methoxy groups -OCH3 is 2. The van der Waals surface area contributed by atoms with Crippen molar-refractivity contribution in [1.29, 1.82) is 0 Å². The van der Waals surface area contributed by atoms with Gasteiger partial charge in [-0.15, -0.1) is 0 Å². The predicted octanol–water partition coefficient (Wildman–Crippen LogP) is 4.41. The van der Waals surface area contributed by atoms with E-state index in [0.717, 1.165) is 23.4 Å². The molecular formula is C21H28N2O3. The van der Waals surface area contributed by atoms with Crippen LogP contribution in [0.1, 0.15) is 30.9 Å². The molecule has 0 atom stereocenters. The summed E-state index contributed by atoms with van der Waals surface area (Å²) in [6, 6.07) is 11.8. The Morgan fingerprint density at radius 3 is 2.31 bits per heavy atom. The molecule has 0 radical (unpaired) electrons. The first-order chi connectivity index (χ1) is 12.6. The smallest absolute Gasteiger partial charge is 0.243 e. The van der Waals surface area contributed by atoms with Crippen LogP contribution in [0.4, 0.5) is 11.4 Å². The van der Waals surface area contributed by atoms with Crippen molar-refractivity contribution in [1.82, 2.24) is 0 Å². The largest absolute Gasteiger partial charge is 0.493 e. The van der Waals surface area contributed by atoms with E-state index in [4.69, 9.17) is 9.47 Å². The second kappa shape index (κ2) is 9.70. The molecule has 5 heteroatoms. The Labute approximate surface area is 155 Å². The van der Waals surface area contributed by atoms with Crippen LogP contribution >= 0.6 is 0 Å². The van der Waals surface area contributed by atoms with Gasteiger partial charge < -0.3 is 20.1 Å². The third kappa shape index (κ3) is 5.41. The lowest BCUT2D eigenvalue weighted by Gasteiger charge is -2.14. The lowest BCUT2D eigenvalue weighted by molar-refractivity contribution is -0.114. The second-order valence-corrected chi connectivity index (χ2v) is 6.22. The minimum atomic E-state index is -0.0968. The van der Waals surface area contributed by atoms with Gasteiger partial charge in [-0.25, -0.2) is 0 Å². The number of ether oxygens (including phenoxy) is 2. The molecule has 0 bridgehead atoms. The van der Waals surface area contributed by atoms with E-state index < -0.39 is 0 Å². The van der Waals surface area contributed by atoms with Crippen LogP contribution in [0, 0.1) is 6.92 Å². The Morgan fingerprint density at radius 1 is 1.04 bits per heavy atom. The third-order valence-electron chi connectivity index (χ3n) is 4.23. The van der Waals surface area contributed by atoms with E-state index in [1.807, 2.05) is 31.2 Å². The third-order valence-corrected chi connectivity index (χ3v) is 4.23. The quantitative estimate of drug-likeness (QED) is 0.699. The standard InChI is InChI=1S/C21H28N2O3/c1-5-6-7-16-8-10-17(11-9-16)23-21(24)14-22-18-13-20(26-4)19(25-3)12-15(18)2/h8-13,22H,5-7,14H2,1-4H3,(H,23,24). The fourth-order valence-corrected chi connectivity index (χ4v) is 2.69. The van der Waals surface area contributed by atoms with Gasteiger partial charge in [0.15, 0.2) is 11.5 Å². The first-order valence-corrected chi connectivity index (χ1v) is 8.92. The SMILES string of the molecule is CCCCc1ccc(NC(=O)CNc2cc(OC)c(OC)cc2C)cc1. The Balaban J connectivity index is 1.92. The van der Waals surface area contributed by atoms with Gasteiger partial charge in [0, 0.05) is 17.4 Å². The van der Waals surface area contributed by atoms with Gasteiger partial charge in [0.1, 0.15) is 0 Å². The number of carbonyl (C=O) groups excluding carboxylic acids is 1. The first kappa shape index (κ1) is 19.6. The monoisotopic (exact) mass is 356 g/mol. The summed E-state index contributed by atoms with van der Waals surface area (Å²) in [5, 5.41) is 6.06. The van der Waals surface area contributed by atoms with E-state index in [0.29, 0.717) is 11.5 Å². The minimum Gasteiger partial charge on any atom is -0.493 e. The number of amides is 1. The summed E-state index contributed by atoms with van der Waals surface area (Å²) in [6.45, 7) is 4.31. The van der Waals surface area contributed by atoms with Crippen LogP contribution in [-0.2, 0) is 11.2 Å². The number of anilines is 2. The Kier molecular flexibility index (Phi) is 7.33. The van der Waals surface area contributed by atoms with Crippen molar-refractivity contribution in [2.24, 2.45) is 0 Å². The zero-order valence-corrected chi connectivity index (χ0v) is 16.0. The number of aryl methyl sites for hydroxylation is 2. The van der Waals surface area contributed by atoms with Gasteiger partial charge in [-0.2, -0.15) is 0 Å². The highest BCUT2D eigenvalue weighted by molar-refractivity contribution is 5.93. The van der Waals surface area contributed by atoms with Crippen molar-refractivity contribution in [3.05, 3.63) is 47.5 Å². The molecule has 0 unspecified atom stereocenters. The maximum Gasteiger partial charge on any atom is 0.243 e. The molecule has 5 nitrogen and oxygen atoms in total. The van der Waals surface area contributed by atoms with E-state index in [1.165, 1.54) is 18.4 Å².